The highest BCUT2D eigenvalue weighted by molar-refractivity contribution is 5.64. The van der Waals surface area contributed by atoms with Crippen molar-refractivity contribution in [3.63, 3.8) is 0 Å². The quantitative estimate of drug-likeness (QED) is 0.212. The molecule has 0 N–H and O–H groups in total. The van der Waals surface area contributed by atoms with Gasteiger partial charge in [0.15, 0.2) is 5.82 Å². The van der Waals surface area contributed by atoms with Gasteiger partial charge in [-0.25, -0.2) is 14.4 Å². The van der Waals surface area contributed by atoms with Crippen LogP contribution >= 0.6 is 0 Å². The molecule has 4 heteroatoms. The molecule has 0 aliphatic rings. The fourth-order valence-corrected chi connectivity index (χ4v) is 4.06. The molecule has 0 amide bonds. The van der Waals surface area contributed by atoms with E-state index in [9.17, 15) is 4.39 Å². The van der Waals surface area contributed by atoms with Crippen molar-refractivity contribution in [3.05, 3.63) is 66.5 Å². The third-order valence-corrected chi connectivity index (χ3v) is 6.15. The number of benzene rings is 2. The van der Waals surface area contributed by atoms with Crippen molar-refractivity contribution in [1.82, 2.24) is 9.97 Å². The Hall–Kier alpha value is -2.75. The van der Waals surface area contributed by atoms with Crippen molar-refractivity contribution in [3.8, 4) is 28.3 Å². The van der Waals surface area contributed by atoms with Crippen LogP contribution in [0, 0.1) is 0 Å². The number of unbranched alkanes of at least 4 members (excludes halogenated alkanes) is 6. The maximum Gasteiger partial charge on any atom is 0.159 e. The first-order valence-electron chi connectivity index (χ1n) is 13.0. The molecule has 0 aliphatic heterocycles. The Bertz CT molecular complexity index is 939. The molecule has 0 saturated carbocycles. The standard InChI is InChI=1S/C30H39FN2O/c1-3-5-6-7-8-9-10-12-24-13-15-25(16-14-24)27-21-32-30(33-22-27)26-17-19-29(20-18-26)34-23-28(31)11-4-2/h13-22,28H,3-12,23H2,1-2H3. The van der Waals surface area contributed by atoms with E-state index in [1.165, 1.54) is 50.5 Å². The van der Waals surface area contributed by atoms with E-state index in [0.717, 1.165) is 29.5 Å². The van der Waals surface area contributed by atoms with Crippen LogP contribution in [0.25, 0.3) is 22.5 Å². The second-order valence-corrected chi connectivity index (χ2v) is 9.08. The minimum Gasteiger partial charge on any atom is -0.491 e. The number of aryl methyl sites for hydroxylation is 1. The van der Waals surface area contributed by atoms with Crippen molar-refractivity contribution in [2.24, 2.45) is 0 Å². The lowest BCUT2D eigenvalue weighted by atomic mass is 10.0. The minimum atomic E-state index is -0.921. The summed E-state index contributed by atoms with van der Waals surface area (Å²) < 4.78 is 19.1. The highest BCUT2D eigenvalue weighted by atomic mass is 19.1. The Morgan fingerprint density at radius 3 is 1.97 bits per heavy atom. The van der Waals surface area contributed by atoms with Crippen LogP contribution in [-0.2, 0) is 6.42 Å². The van der Waals surface area contributed by atoms with Crippen LogP contribution in [0.4, 0.5) is 4.39 Å². The van der Waals surface area contributed by atoms with Gasteiger partial charge in [-0.15, -0.1) is 0 Å². The third-order valence-electron chi connectivity index (χ3n) is 6.15. The van der Waals surface area contributed by atoms with Gasteiger partial charge in [0.1, 0.15) is 18.5 Å². The highest BCUT2D eigenvalue weighted by Crippen LogP contribution is 2.23. The molecule has 1 atom stereocenters. The molecule has 1 unspecified atom stereocenters. The predicted octanol–water partition coefficient (Wildman–Crippen LogP) is 8.62. The lowest BCUT2D eigenvalue weighted by Gasteiger charge is -2.10. The number of rotatable bonds is 15. The second kappa shape index (κ2) is 14.5. The summed E-state index contributed by atoms with van der Waals surface area (Å²) >= 11 is 0. The monoisotopic (exact) mass is 462 g/mol. The van der Waals surface area contributed by atoms with Crippen LogP contribution in [0.5, 0.6) is 5.75 Å². The lowest BCUT2D eigenvalue weighted by Crippen LogP contribution is -2.12. The molecule has 0 fully saturated rings. The third kappa shape index (κ3) is 8.55. The van der Waals surface area contributed by atoms with E-state index in [1.807, 2.05) is 43.6 Å². The van der Waals surface area contributed by atoms with E-state index in [1.54, 1.807) is 0 Å². The zero-order chi connectivity index (χ0) is 24.0. The number of ether oxygens (including phenoxy) is 1. The molecule has 3 rings (SSSR count). The normalized spacial score (nSPS) is 12.0. The van der Waals surface area contributed by atoms with Crippen LogP contribution in [0.15, 0.2) is 60.9 Å². The summed E-state index contributed by atoms with van der Waals surface area (Å²) in [7, 11) is 0. The van der Waals surface area contributed by atoms with Crippen LogP contribution in [0.2, 0.25) is 0 Å². The number of halogens is 1. The van der Waals surface area contributed by atoms with Crippen molar-refractivity contribution in [1.29, 1.82) is 0 Å². The molecule has 0 saturated heterocycles. The molecule has 182 valence electrons. The van der Waals surface area contributed by atoms with Gasteiger partial charge in [-0.3, -0.25) is 0 Å². The van der Waals surface area contributed by atoms with Crippen molar-refractivity contribution >= 4 is 0 Å². The van der Waals surface area contributed by atoms with E-state index in [2.05, 4.69) is 41.2 Å². The maximum absolute atomic E-state index is 13.6. The Labute approximate surface area is 204 Å². The topological polar surface area (TPSA) is 35.0 Å². The van der Waals surface area contributed by atoms with Crippen molar-refractivity contribution < 1.29 is 9.13 Å². The van der Waals surface area contributed by atoms with E-state index in [0.29, 0.717) is 18.0 Å². The molecule has 0 radical (unpaired) electrons. The van der Waals surface area contributed by atoms with Crippen molar-refractivity contribution in [2.45, 2.75) is 84.2 Å². The Morgan fingerprint density at radius 2 is 1.32 bits per heavy atom. The van der Waals surface area contributed by atoms with Crippen LogP contribution < -0.4 is 4.74 Å². The number of hydrogen-bond acceptors (Lipinski definition) is 3. The SMILES string of the molecule is CCCCCCCCCc1ccc(-c2cnc(-c3ccc(OCC(F)CCC)cc3)nc2)cc1. The maximum atomic E-state index is 13.6. The first-order chi connectivity index (χ1) is 16.7. The second-order valence-electron chi connectivity index (χ2n) is 9.08. The van der Waals surface area contributed by atoms with Gasteiger partial charge >= 0.3 is 0 Å². The minimum absolute atomic E-state index is 0.0935. The zero-order valence-electron chi connectivity index (χ0n) is 20.8. The number of hydrogen-bond donors (Lipinski definition) is 0. The van der Waals surface area contributed by atoms with Gasteiger partial charge in [0.2, 0.25) is 0 Å². The summed E-state index contributed by atoms with van der Waals surface area (Å²) in [5.74, 6) is 1.33. The number of aromatic nitrogens is 2. The molecule has 0 spiro atoms. The summed E-state index contributed by atoms with van der Waals surface area (Å²) in [6, 6.07) is 16.3. The molecule has 34 heavy (non-hydrogen) atoms. The number of nitrogens with zero attached hydrogens (tertiary/aromatic N) is 2. The van der Waals surface area contributed by atoms with Gasteiger partial charge < -0.3 is 4.74 Å². The lowest BCUT2D eigenvalue weighted by molar-refractivity contribution is 0.186. The van der Waals surface area contributed by atoms with Gasteiger partial charge in [-0.1, -0.05) is 83.1 Å². The van der Waals surface area contributed by atoms with Crippen LogP contribution in [0.3, 0.4) is 0 Å². The molecule has 3 nitrogen and oxygen atoms in total. The van der Waals surface area contributed by atoms with E-state index in [4.69, 9.17) is 4.74 Å². The Kier molecular flexibility index (Phi) is 11.0. The van der Waals surface area contributed by atoms with Gasteiger partial charge in [0.05, 0.1) is 0 Å². The molecule has 0 aliphatic carbocycles. The van der Waals surface area contributed by atoms with Crippen LogP contribution in [-0.4, -0.2) is 22.7 Å². The van der Waals surface area contributed by atoms with Crippen molar-refractivity contribution in [2.75, 3.05) is 6.61 Å². The van der Waals surface area contributed by atoms with E-state index >= 15 is 0 Å². The van der Waals surface area contributed by atoms with Gasteiger partial charge in [0.25, 0.3) is 0 Å². The first kappa shape index (κ1) is 25.9. The van der Waals surface area contributed by atoms with Gasteiger partial charge in [0, 0.05) is 23.5 Å². The van der Waals surface area contributed by atoms with E-state index < -0.39 is 6.17 Å². The average Bonchev–Trinajstić information content (AvgIpc) is 2.88. The number of alkyl halides is 1. The largest absolute Gasteiger partial charge is 0.491 e. The summed E-state index contributed by atoms with van der Waals surface area (Å²) in [6.07, 6.45) is 14.7. The fourth-order valence-electron chi connectivity index (χ4n) is 4.06. The summed E-state index contributed by atoms with van der Waals surface area (Å²) in [4.78, 5) is 9.11. The molecule has 2 aromatic carbocycles. The fraction of sp³-hybridized carbons (Fsp3) is 0.467. The van der Waals surface area contributed by atoms with Crippen LogP contribution in [0.1, 0.15) is 77.2 Å². The summed E-state index contributed by atoms with van der Waals surface area (Å²) in [6.45, 7) is 4.33. The molecular weight excluding hydrogens is 423 g/mol. The summed E-state index contributed by atoms with van der Waals surface area (Å²) in [5, 5.41) is 0. The summed E-state index contributed by atoms with van der Waals surface area (Å²) in [5.41, 5.74) is 4.45. The average molecular weight is 463 g/mol. The molecule has 1 aromatic heterocycles. The zero-order valence-corrected chi connectivity index (χ0v) is 20.8. The first-order valence-corrected chi connectivity index (χ1v) is 13.0. The molecule has 0 bridgehead atoms. The molecule has 1 heterocycles. The molecular formula is C30H39FN2O. The smallest absolute Gasteiger partial charge is 0.159 e. The highest BCUT2D eigenvalue weighted by Gasteiger charge is 2.07. The molecule has 3 aromatic rings. The Balaban J connectivity index is 1.48. The van der Waals surface area contributed by atoms with Gasteiger partial charge in [-0.2, -0.15) is 0 Å². The predicted molar refractivity (Wildman–Crippen MR) is 140 cm³/mol. The Morgan fingerprint density at radius 1 is 0.706 bits per heavy atom. The van der Waals surface area contributed by atoms with E-state index in [-0.39, 0.29) is 6.61 Å². The van der Waals surface area contributed by atoms with Gasteiger partial charge in [-0.05, 0) is 54.7 Å².